The van der Waals surface area contributed by atoms with Crippen LogP contribution in [-0.4, -0.2) is 44.0 Å². The van der Waals surface area contributed by atoms with Crippen molar-refractivity contribution in [2.24, 2.45) is 5.92 Å². The van der Waals surface area contributed by atoms with Gasteiger partial charge in [0.25, 0.3) is 0 Å². The van der Waals surface area contributed by atoms with E-state index in [0.29, 0.717) is 0 Å². The Morgan fingerprint density at radius 2 is 2.17 bits per heavy atom. The molecular weight excluding hydrogens is 228 g/mol. The molecule has 1 N–H and O–H groups in total. The highest BCUT2D eigenvalue weighted by Crippen LogP contribution is 2.28. The molecule has 0 saturated heterocycles. The van der Waals surface area contributed by atoms with Gasteiger partial charge in [0.1, 0.15) is 12.2 Å². The number of aliphatic hydroxyl groups excluding tert-OH is 1. The Labute approximate surface area is 108 Å². The van der Waals surface area contributed by atoms with E-state index in [4.69, 9.17) is 0 Å². The zero-order valence-corrected chi connectivity index (χ0v) is 10.8. The topological polar surface area (TPSA) is 54.2 Å². The van der Waals surface area contributed by atoms with Crippen molar-refractivity contribution < 1.29 is 5.11 Å². The Hall–Kier alpha value is -0.940. The molecule has 18 heavy (non-hydrogen) atoms. The molecule has 1 aliphatic carbocycles. The molecule has 1 atom stereocenters. The van der Waals surface area contributed by atoms with Gasteiger partial charge in [0.15, 0.2) is 0 Å². The van der Waals surface area contributed by atoms with E-state index in [1.165, 1.54) is 25.7 Å². The molecule has 1 aromatic rings. The monoisotopic (exact) mass is 250 g/mol. The first-order valence-corrected chi connectivity index (χ1v) is 7.08. The van der Waals surface area contributed by atoms with Crippen molar-refractivity contribution in [1.82, 2.24) is 19.7 Å². The van der Waals surface area contributed by atoms with E-state index >= 15 is 0 Å². The van der Waals surface area contributed by atoms with Crippen LogP contribution in [0.4, 0.5) is 0 Å². The molecule has 1 aromatic heterocycles. The Kier molecular flexibility index (Phi) is 3.61. The van der Waals surface area contributed by atoms with Gasteiger partial charge in [0.2, 0.25) is 0 Å². The van der Waals surface area contributed by atoms with Gasteiger partial charge < -0.3 is 5.11 Å². The third kappa shape index (κ3) is 2.72. The molecule has 0 bridgehead atoms. The van der Waals surface area contributed by atoms with E-state index in [1.54, 1.807) is 6.33 Å². The maximum absolute atomic E-state index is 10.2. The molecule has 2 heterocycles. The fourth-order valence-corrected chi connectivity index (χ4v) is 3.27. The Bertz CT molecular complexity index is 386. The first-order chi connectivity index (χ1) is 8.81. The van der Waals surface area contributed by atoms with Crippen LogP contribution in [0.3, 0.4) is 0 Å². The molecule has 0 radical (unpaired) electrons. The van der Waals surface area contributed by atoms with Gasteiger partial charge in [-0.15, -0.1) is 0 Å². The number of hydrogen-bond acceptors (Lipinski definition) is 4. The first-order valence-electron chi connectivity index (χ1n) is 7.08. The minimum absolute atomic E-state index is 0.178. The van der Waals surface area contributed by atoms with Crippen molar-refractivity contribution in [2.45, 2.75) is 51.3 Å². The number of aliphatic hydroxyl groups is 1. The average molecular weight is 250 g/mol. The normalized spacial score (nSPS) is 23.2. The van der Waals surface area contributed by atoms with E-state index in [2.05, 4.69) is 15.0 Å². The summed E-state index contributed by atoms with van der Waals surface area (Å²) < 4.78 is 1.96. The number of nitrogens with zero attached hydrogens (tertiary/aromatic N) is 4. The Morgan fingerprint density at radius 3 is 3.00 bits per heavy atom. The minimum atomic E-state index is -0.178. The van der Waals surface area contributed by atoms with Gasteiger partial charge in [-0.3, -0.25) is 4.90 Å². The second kappa shape index (κ2) is 5.36. The lowest BCUT2D eigenvalue weighted by molar-refractivity contribution is 0.0767. The molecule has 0 amide bonds. The summed E-state index contributed by atoms with van der Waals surface area (Å²) in [5.41, 5.74) is 0. The number of fused-ring (bicyclic) bond motifs is 1. The molecule has 0 unspecified atom stereocenters. The summed E-state index contributed by atoms with van der Waals surface area (Å²) in [4.78, 5) is 6.54. The van der Waals surface area contributed by atoms with Crippen molar-refractivity contribution >= 4 is 0 Å². The van der Waals surface area contributed by atoms with Crippen molar-refractivity contribution in [3.05, 3.63) is 12.2 Å². The maximum atomic E-state index is 10.2. The largest absolute Gasteiger partial charge is 0.392 e. The maximum Gasteiger partial charge on any atom is 0.141 e. The standard InChI is InChI=1S/C13H22N4O/c18-12(7-11-3-1-2-4-11)8-16-5-6-17-13(9-16)14-10-15-17/h10-12,18H,1-9H2/t12-/m0/s1. The summed E-state index contributed by atoms with van der Waals surface area (Å²) in [6.07, 6.45) is 7.74. The highest BCUT2D eigenvalue weighted by molar-refractivity contribution is 4.89. The fraction of sp³-hybridized carbons (Fsp3) is 0.846. The molecule has 5 heteroatoms. The van der Waals surface area contributed by atoms with Crippen molar-refractivity contribution in [2.75, 3.05) is 13.1 Å². The third-order valence-electron chi connectivity index (χ3n) is 4.24. The fourth-order valence-electron chi connectivity index (χ4n) is 3.27. The van der Waals surface area contributed by atoms with Crippen molar-refractivity contribution in [3.8, 4) is 0 Å². The lowest BCUT2D eigenvalue weighted by Crippen LogP contribution is -2.39. The van der Waals surface area contributed by atoms with E-state index in [0.717, 1.165) is 44.3 Å². The SMILES string of the molecule is O[C@@H](CC1CCCC1)CN1CCn2ncnc2C1. The summed E-state index contributed by atoms with van der Waals surface area (Å²) in [6, 6.07) is 0. The van der Waals surface area contributed by atoms with Crippen LogP contribution in [0.25, 0.3) is 0 Å². The van der Waals surface area contributed by atoms with Crippen LogP contribution in [0.1, 0.15) is 37.9 Å². The van der Waals surface area contributed by atoms with Crippen LogP contribution in [-0.2, 0) is 13.1 Å². The Balaban J connectivity index is 1.48. The molecule has 1 aliphatic heterocycles. The van der Waals surface area contributed by atoms with Crippen LogP contribution >= 0.6 is 0 Å². The number of rotatable bonds is 4. The first kappa shape index (κ1) is 12.1. The average Bonchev–Trinajstić information content (AvgIpc) is 2.98. The summed E-state index contributed by atoms with van der Waals surface area (Å²) >= 11 is 0. The second-order valence-corrected chi connectivity index (χ2v) is 5.67. The summed E-state index contributed by atoms with van der Waals surface area (Å²) in [5.74, 6) is 1.78. The van der Waals surface area contributed by atoms with Crippen LogP contribution in [0, 0.1) is 5.92 Å². The predicted molar refractivity (Wildman–Crippen MR) is 67.9 cm³/mol. The van der Waals surface area contributed by atoms with E-state index < -0.39 is 0 Å². The molecule has 1 fully saturated rings. The molecule has 1 saturated carbocycles. The molecular formula is C13H22N4O. The minimum Gasteiger partial charge on any atom is -0.392 e. The lowest BCUT2D eigenvalue weighted by Gasteiger charge is -2.29. The van der Waals surface area contributed by atoms with Gasteiger partial charge in [-0.25, -0.2) is 9.67 Å². The predicted octanol–water partition coefficient (Wildman–Crippen LogP) is 1.03. The molecule has 3 rings (SSSR count). The van der Waals surface area contributed by atoms with E-state index in [1.807, 2.05) is 4.68 Å². The zero-order chi connectivity index (χ0) is 12.4. The van der Waals surface area contributed by atoms with Crippen LogP contribution in [0.5, 0.6) is 0 Å². The van der Waals surface area contributed by atoms with Gasteiger partial charge in [0.05, 0.1) is 19.2 Å². The highest BCUT2D eigenvalue weighted by Gasteiger charge is 2.23. The van der Waals surface area contributed by atoms with Gasteiger partial charge in [-0.05, 0) is 12.3 Å². The summed E-state index contributed by atoms with van der Waals surface area (Å²) in [5, 5.41) is 14.3. The second-order valence-electron chi connectivity index (χ2n) is 5.67. The number of hydrogen-bond donors (Lipinski definition) is 1. The van der Waals surface area contributed by atoms with Crippen LogP contribution in [0.15, 0.2) is 6.33 Å². The highest BCUT2D eigenvalue weighted by atomic mass is 16.3. The Morgan fingerprint density at radius 1 is 1.33 bits per heavy atom. The quantitative estimate of drug-likeness (QED) is 0.867. The van der Waals surface area contributed by atoms with Gasteiger partial charge in [-0.2, -0.15) is 5.10 Å². The van der Waals surface area contributed by atoms with Gasteiger partial charge >= 0.3 is 0 Å². The van der Waals surface area contributed by atoms with E-state index in [9.17, 15) is 5.11 Å². The van der Waals surface area contributed by atoms with Crippen molar-refractivity contribution in [1.29, 1.82) is 0 Å². The van der Waals surface area contributed by atoms with Crippen LogP contribution < -0.4 is 0 Å². The smallest absolute Gasteiger partial charge is 0.141 e. The zero-order valence-electron chi connectivity index (χ0n) is 10.8. The van der Waals surface area contributed by atoms with Gasteiger partial charge in [-0.1, -0.05) is 25.7 Å². The molecule has 0 spiro atoms. The van der Waals surface area contributed by atoms with Crippen LogP contribution in [0.2, 0.25) is 0 Å². The molecule has 100 valence electrons. The number of β-amino-alcohol motifs (C(OH)–C–C–N with tert-alkyl or cyclic N) is 1. The third-order valence-corrected chi connectivity index (χ3v) is 4.24. The van der Waals surface area contributed by atoms with Crippen molar-refractivity contribution in [3.63, 3.8) is 0 Å². The number of aromatic nitrogens is 3. The summed E-state index contributed by atoms with van der Waals surface area (Å²) in [7, 11) is 0. The summed E-state index contributed by atoms with van der Waals surface area (Å²) in [6.45, 7) is 3.47. The van der Waals surface area contributed by atoms with Gasteiger partial charge in [0, 0.05) is 13.1 Å². The molecule has 5 nitrogen and oxygen atoms in total. The molecule has 2 aliphatic rings. The molecule has 0 aromatic carbocycles. The lowest BCUT2D eigenvalue weighted by atomic mass is 10.00. The van der Waals surface area contributed by atoms with E-state index in [-0.39, 0.29) is 6.10 Å².